The van der Waals surface area contributed by atoms with E-state index in [0.29, 0.717) is 30.1 Å². The third-order valence-electron chi connectivity index (χ3n) is 6.42. The zero-order chi connectivity index (χ0) is 35.3. The molecule has 1 amide bonds. The number of alkyl halides is 1. The molecule has 2 aromatic carbocycles. The zero-order valence-electron chi connectivity index (χ0n) is 27.0. The second-order valence-electron chi connectivity index (χ2n) is 11.2. The highest BCUT2D eigenvalue weighted by Gasteiger charge is 2.24. The maximum Gasteiger partial charge on any atom is 0.410 e. The predicted molar refractivity (Wildman–Crippen MR) is 177 cm³/mol. The van der Waals surface area contributed by atoms with Gasteiger partial charge in [0, 0.05) is 31.5 Å². The highest BCUT2D eigenvalue weighted by Crippen LogP contribution is 2.35. The van der Waals surface area contributed by atoms with Gasteiger partial charge in [-0.2, -0.15) is 4.39 Å². The number of nitrogens with two attached hydrogens (primary N) is 1. The SMILES string of the molecule is CC(C)(C)OC(=O)N1CCCCC1.CF.Nc1nccc(-c2cccnc2Oc2cc(F)c(NS(=O)Cc3ccccc3)c(F)c2F)n1. The number of carbonyl (C=O) groups is 1. The molecule has 2 aromatic heterocycles. The Kier molecular flexibility index (Phi) is 14.1. The van der Waals surface area contributed by atoms with E-state index in [2.05, 4.69) is 19.7 Å². The number of nitrogen functional groups attached to an aromatic ring is 1. The zero-order valence-corrected chi connectivity index (χ0v) is 27.8. The number of likely N-dealkylation sites (tertiary alicyclic amines) is 1. The van der Waals surface area contributed by atoms with Crippen molar-refractivity contribution in [3.8, 4) is 22.9 Å². The van der Waals surface area contributed by atoms with E-state index in [1.807, 2.05) is 20.8 Å². The molecule has 3 N–H and O–H groups in total. The topological polar surface area (TPSA) is 133 Å². The number of pyridine rings is 1. The van der Waals surface area contributed by atoms with Gasteiger partial charge in [-0.25, -0.2) is 32.7 Å². The standard InChI is InChI=1S/C22H16F3N5O2S.C10H19NO2.CH3F/c23-15-11-17(32-21-14(7-4-9-27-21)16-8-10-28-22(26)29-16)18(24)19(25)20(15)30-33(31)12-13-5-2-1-3-6-13;1-10(2,3)13-9(12)11-7-5-4-6-8-11;1-2/h1-11,30H,12H2,(H2,26,28,29);4-8H2,1-3H3;1H3. The van der Waals surface area contributed by atoms with Gasteiger partial charge in [0.05, 0.1) is 24.2 Å². The molecule has 0 bridgehead atoms. The van der Waals surface area contributed by atoms with E-state index < -0.39 is 39.9 Å². The number of ether oxygens (including phenoxy) is 2. The molecule has 1 saturated heterocycles. The molecule has 0 aliphatic carbocycles. The second kappa shape index (κ2) is 17.9. The van der Waals surface area contributed by atoms with Crippen molar-refractivity contribution in [3.63, 3.8) is 0 Å². The smallest absolute Gasteiger partial charge is 0.410 e. The lowest BCUT2D eigenvalue weighted by Crippen LogP contribution is -2.39. The molecule has 0 spiro atoms. The Morgan fingerprint density at radius 2 is 1.65 bits per heavy atom. The molecule has 3 heterocycles. The molecule has 1 unspecified atom stereocenters. The summed E-state index contributed by atoms with van der Waals surface area (Å²) in [4.78, 5) is 25.2. The third kappa shape index (κ3) is 11.2. The van der Waals surface area contributed by atoms with E-state index in [0.717, 1.165) is 25.9 Å². The van der Waals surface area contributed by atoms with E-state index in [1.54, 1.807) is 47.4 Å². The summed E-state index contributed by atoms with van der Waals surface area (Å²) >= 11 is 0. The Morgan fingerprint density at radius 1 is 0.958 bits per heavy atom. The number of nitrogens with one attached hydrogen (secondary N) is 1. The first-order valence-corrected chi connectivity index (χ1v) is 16.2. The van der Waals surface area contributed by atoms with Crippen LogP contribution in [0.25, 0.3) is 11.3 Å². The number of amides is 1. The molecule has 5 rings (SSSR count). The number of piperidine rings is 1. The maximum absolute atomic E-state index is 14.7. The third-order valence-corrected chi connectivity index (χ3v) is 7.44. The van der Waals surface area contributed by atoms with Crippen LogP contribution >= 0.6 is 0 Å². The number of carbonyl (C=O) groups excluding carboxylic acids is 1. The number of anilines is 2. The summed E-state index contributed by atoms with van der Waals surface area (Å²) in [6, 6.07) is 14.0. The van der Waals surface area contributed by atoms with Gasteiger partial charge in [0.1, 0.15) is 22.3 Å². The van der Waals surface area contributed by atoms with Crippen LogP contribution in [0.1, 0.15) is 45.6 Å². The van der Waals surface area contributed by atoms with Crippen molar-refractivity contribution in [3.05, 3.63) is 90.0 Å². The largest absolute Gasteiger partial charge is 0.444 e. The van der Waals surface area contributed by atoms with Crippen LogP contribution in [0.3, 0.4) is 0 Å². The van der Waals surface area contributed by atoms with Crippen LogP contribution in [-0.4, -0.2) is 56.0 Å². The fourth-order valence-corrected chi connectivity index (χ4v) is 5.30. The minimum atomic E-state index is -1.90. The molecule has 1 aliphatic heterocycles. The molecule has 0 saturated carbocycles. The summed E-state index contributed by atoms with van der Waals surface area (Å²) < 4.78 is 78.6. The van der Waals surface area contributed by atoms with Crippen molar-refractivity contribution in [1.82, 2.24) is 19.9 Å². The van der Waals surface area contributed by atoms with Gasteiger partial charge >= 0.3 is 6.09 Å². The van der Waals surface area contributed by atoms with E-state index in [4.69, 9.17) is 15.2 Å². The molecule has 15 heteroatoms. The van der Waals surface area contributed by atoms with Crippen LogP contribution in [0.5, 0.6) is 11.6 Å². The van der Waals surface area contributed by atoms with Crippen LogP contribution in [0.15, 0.2) is 67.0 Å². The van der Waals surface area contributed by atoms with Crippen molar-refractivity contribution in [2.45, 2.75) is 51.4 Å². The lowest BCUT2D eigenvalue weighted by atomic mass is 10.1. The molecule has 1 atom stereocenters. The van der Waals surface area contributed by atoms with E-state index in [9.17, 15) is 26.6 Å². The molecule has 0 radical (unpaired) electrons. The molecule has 258 valence electrons. The number of hydrogen-bond donors (Lipinski definition) is 2. The number of aromatic nitrogens is 3. The predicted octanol–water partition coefficient (Wildman–Crippen LogP) is 7.60. The molecule has 4 aromatic rings. The maximum atomic E-state index is 14.7. The normalized spacial score (nSPS) is 13.2. The summed E-state index contributed by atoms with van der Waals surface area (Å²) in [6.07, 6.45) is 6.06. The molecule has 48 heavy (non-hydrogen) atoms. The average Bonchev–Trinajstić information content (AvgIpc) is 3.07. The van der Waals surface area contributed by atoms with Gasteiger partial charge in [-0.15, -0.1) is 0 Å². The van der Waals surface area contributed by atoms with Crippen LogP contribution < -0.4 is 15.2 Å². The lowest BCUT2D eigenvalue weighted by molar-refractivity contribution is 0.0216. The Hall–Kier alpha value is -4.79. The number of hydrogen-bond acceptors (Lipinski definition) is 8. The van der Waals surface area contributed by atoms with E-state index >= 15 is 0 Å². The van der Waals surface area contributed by atoms with E-state index in [-0.39, 0.29) is 29.3 Å². The van der Waals surface area contributed by atoms with Gasteiger partial charge in [0.2, 0.25) is 17.6 Å². The number of halogens is 4. The summed E-state index contributed by atoms with van der Waals surface area (Å²) in [5, 5.41) is 0. The van der Waals surface area contributed by atoms with Gasteiger partial charge in [-0.05, 0) is 63.8 Å². The minimum absolute atomic E-state index is 0.00972. The van der Waals surface area contributed by atoms with Crippen LogP contribution in [0, 0.1) is 17.5 Å². The fraction of sp³-hybridized carbons (Fsp3) is 0.333. The minimum Gasteiger partial charge on any atom is -0.444 e. The van der Waals surface area contributed by atoms with Gasteiger partial charge in [-0.3, -0.25) is 9.11 Å². The first-order chi connectivity index (χ1) is 22.9. The van der Waals surface area contributed by atoms with Gasteiger partial charge in [0.15, 0.2) is 17.4 Å². The van der Waals surface area contributed by atoms with Crippen LogP contribution in [0.4, 0.5) is 34.0 Å². The average molecular weight is 691 g/mol. The van der Waals surface area contributed by atoms with E-state index in [1.165, 1.54) is 24.9 Å². The molecule has 1 aliphatic rings. The van der Waals surface area contributed by atoms with Gasteiger partial charge < -0.3 is 20.1 Å². The summed E-state index contributed by atoms with van der Waals surface area (Å²) in [6.45, 7) is 7.41. The lowest BCUT2D eigenvalue weighted by Gasteiger charge is -2.29. The number of benzene rings is 2. The van der Waals surface area contributed by atoms with Crippen LogP contribution in [0.2, 0.25) is 0 Å². The van der Waals surface area contributed by atoms with Crippen molar-refractivity contribution >= 4 is 28.7 Å². The molecular formula is C33H38F4N6O4S. The van der Waals surface area contributed by atoms with Crippen molar-refractivity contribution < 1.29 is 36.0 Å². The number of nitrogens with zero attached hydrogens (tertiary/aromatic N) is 4. The highest BCUT2D eigenvalue weighted by atomic mass is 32.2. The van der Waals surface area contributed by atoms with Crippen molar-refractivity contribution in [1.29, 1.82) is 0 Å². The molecule has 10 nitrogen and oxygen atoms in total. The van der Waals surface area contributed by atoms with Crippen molar-refractivity contribution in [2.75, 3.05) is 30.7 Å². The van der Waals surface area contributed by atoms with Gasteiger partial charge in [0.25, 0.3) is 0 Å². The van der Waals surface area contributed by atoms with Crippen molar-refractivity contribution in [2.24, 2.45) is 0 Å². The quantitative estimate of drug-likeness (QED) is 0.150. The Bertz CT molecular complexity index is 1670. The second-order valence-corrected chi connectivity index (χ2v) is 12.4. The summed E-state index contributed by atoms with van der Waals surface area (Å²) in [5.74, 6) is -5.17. The summed E-state index contributed by atoms with van der Waals surface area (Å²) in [5.41, 5.74) is 5.67. The fourth-order valence-electron chi connectivity index (χ4n) is 4.31. The van der Waals surface area contributed by atoms with Crippen LogP contribution in [-0.2, 0) is 21.5 Å². The highest BCUT2D eigenvalue weighted by molar-refractivity contribution is 7.85. The number of rotatable bonds is 7. The Balaban J connectivity index is 0.000000349. The molecule has 1 fully saturated rings. The van der Waals surface area contributed by atoms with Gasteiger partial charge in [-0.1, -0.05) is 30.3 Å². The first kappa shape index (κ1) is 37.7. The first-order valence-electron chi connectivity index (χ1n) is 14.8. The Labute approximate surface area is 279 Å². The molecular weight excluding hydrogens is 652 g/mol. The Morgan fingerprint density at radius 3 is 2.29 bits per heavy atom. The summed E-state index contributed by atoms with van der Waals surface area (Å²) in [7, 11) is -1.40. The monoisotopic (exact) mass is 690 g/mol.